The Kier molecular flexibility index (Phi) is 4.40. The van der Waals surface area contributed by atoms with E-state index in [1.165, 1.54) is 23.5 Å². The Morgan fingerprint density at radius 1 is 1.04 bits per heavy atom. The van der Waals surface area contributed by atoms with Crippen molar-refractivity contribution in [2.75, 3.05) is 0 Å². The van der Waals surface area contributed by atoms with Gasteiger partial charge in [0.25, 0.3) is 0 Å². The van der Waals surface area contributed by atoms with Crippen molar-refractivity contribution in [2.24, 2.45) is 0 Å². The van der Waals surface area contributed by atoms with Crippen molar-refractivity contribution in [1.29, 1.82) is 0 Å². The second kappa shape index (κ2) is 6.62. The van der Waals surface area contributed by atoms with Crippen LogP contribution in [0.4, 0.5) is 4.39 Å². The van der Waals surface area contributed by atoms with Gasteiger partial charge in [0.2, 0.25) is 9.84 Å². The van der Waals surface area contributed by atoms with Gasteiger partial charge < -0.3 is 4.98 Å². The van der Waals surface area contributed by atoms with Gasteiger partial charge in [0.05, 0.1) is 9.79 Å². The lowest BCUT2D eigenvalue weighted by molar-refractivity contribution is 0.595. The maximum absolute atomic E-state index is 13.8. The van der Waals surface area contributed by atoms with E-state index >= 15 is 0 Å². The maximum atomic E-state index is 13.8. The molecule has 0 fully saturated rings. The Morgan fingerprint density at radius 2 is 1.78 bits per heavy atom. The number of H-pyrrole nitrogens is 1. The van der Waals surface area contributed by atoms with E-state index in [0.717, 1.165) is 31.9 Å². The number of hydrogen-bond donors (Lipinski definition) is 1. The summed E-state index contributed by atoms with van der Waals surface area (Å²) in [6.07, 6.45) is 0.440. The van der Waals surface area contributed by atoms with Gasteiger partial charge in [0.15, 0.2) is 0 Å². The van der Waals surface area contributed by atoms with Crippen LogP contribution in [0.25, 0.3) is 10.9 Å². The molecule has 0 aliphatic heterocycles. The largest absolute Gasteiger partial charge is 0.358 e. The number of rotatable bonds is 4. The molecule has 0 radical (unpaired) electrons. The molecule has 0 aliphatic carbocycles. The van der Waals surface area contributed by atoms with Crippen LogP contribution >= 0.6 is 11.3 Å². The normalized spacial score (nSPS) is 12.0. The lowest BCUT2D eigenvalue weighted by Crippen LogP contribution is -2.03. The van der Waals surface area contributed by atoms with Gasteiger partial charge in [0, 0.05) is 32.8 Å². The van der Waals surface area contributed by atoms with E-state index in [1.54, 1.807) is 42.5 Å². The minimum atomic E-state index is -3.60. The van der Waals surface area contributed by atoms with Crippen LogP contribution in [0.15, 0.2) is 64.4 Å². The number of benzene rings is 2. The summed E-state index contributed by atoms with van der Waals surface area (Å²) in [4.78, 5) is 5.58. The number of aromatic amines is 1. The van der Waals surface area contributed by atoms with Gasteiger partial charge in [-0.1, -0.05) is 18.2 Å². The highest BCUT2D eigenvalue weighted by molar-refractivity contribution is 7.91. The predicted octanol–water partition coefficient (Wildman–Crippen LogP) is 5.41. The number of sulfone groups is 1. The lowest BCUT2D eigenvalue weighted by atomic mass is 10.1. The molecule has 1 N–H and O–H groups in total. The summed E-state index contributed by atoms with van der Waals surface area (Å²) in [6.45, 7) is 3.83. The molecule has 0 amide bonds. The van der Waals surface area contributed by atoms with E-state index in [9.17, 15) is 12.8 Å². The Hall–Kier alpha value is -2.44. The number of aryl methyl sites for hydroxylation is 2. The Balaban J connectivity index is 1.84. The van der Waals surface area contributed by atoms with Gasteiger partial charge in [-0.3, -0.25) is 0 Å². The molecule has 138 valence electrons. The molecule has 0 aliphatic rings. The first kappa shape index (κ1) is 17.9. The fraction of sp³-hybridized carbons (Fsp3) is 0.143. The molecule has 2 heterocycles. The van der Waals surface area contributed by atoms with Crippen LogP contribution in [0.2, 0.25) is 0 Å². The Bertz CT molecular complexity index is 1240. The van der Waals surface area contributed by atoms with Crippen LogP contribution in [0.1, 0.15) is 21.0 Å². The summed E-state index contributed by atoms with van der Waals surface area (Å²) in [5.41, 5.74) is 2.70. The summed E-state index contributed by atoms with van der Waals surface area (Å²) in [6, 6.07) is 14.8. The molecule has 4 rings (SSSR count). The van der Waals surface area contributed by atoms with Crippen LogP contribution in [-0.4, -0.2) is 13.4 Å². The highest BCUT2D eigenvalue weighted by Crippen LogP contribution is 2.35. The van der Waals surface area contributed by atoms with E-state index < -0.39 is 9.84 Å². The first-order chi connectivity index (χ1) is 12.9. The summed E-state index contributed by atoms with van der Waals surface area (Å²) in [5.74, 6) is -0.303. The van der Waals surface area contributed by atoms with E-state index in [-0.39, 0.29) is 10.7 Å². The van der Waals surface area contributed by atoms with Gasteiger partial charge in [0.1, 0.15) is 5.82 Å². The highest BCUT2D eigenvalue weighted by Gasteiger charge is 2.24. The van der Waals surface area contributed by atoms with Crippen molar-refractivity contribution >= 4 is 32.1 Å². The van der Waals surface area contributed by atoms with Crippen molar-refractivity contribution in [2.45, 2.75) is 30.1 Å². The summed E-state index contributed by atoms with van der Waals surface area (Å²) in [7, 11) is -3.60. The van der Waals surface area contributed by atoms with Crippen LogP contribution < -0.4 is 0 Å². The molecular weight excluding hydrogens is 381 g/mol. The fourth-order valence-electron chi connectivity index (χ4n) is 3.36. The predicted molar refractivity (Wildman–Crippen MR) is 107 cm³/mol. The molecular formula is C21H18FNO2S2. The number of thiophene rings is 1. The van der Waals surface area contributed by atoms with Crippen LogP contribution in [0.3, 0.4) is 0 Å². The molecule has 6 heteroatoms. The Morgan fingerprint density at radius 3 is 2.52 bits per heavy atom. The zero-order valence-corrected chi connectivity index (χ0v) is 16.5. The molecule has 0 atom stereocenters. The molecule has 2 aromatic heterocycles. The van der Waals surface area contributed by atoms with Gasteiger partial charge in [-0.2, -0.15) is 0 Å². The maximum Gasteiger partial charge on any atom is 0.207 e. The average molecular weight is 400 g/mol. The molecule has 4 aromatic rings. The Labute approximate surface area is 161 Å². The molecule has 0 saturated carbocycles. The smallest absolute Gasteiger partial charge is 0.207 e. The average Bonchev–Trinajstić information content (AvgIpc) is 3.16. The number of aromatic nitrogens is 1. The quantitative estimate of drug-likeness (QED) is 0.499. The SMILES string of the molecule is Cc1cc(S(=O)(=O)c2ccccc2)c(Cc2c(C)[nH]c3ccc(F)cc23)s1. The standard InChI is InChI=1S/C21H18FNO2S2/c1-13-10-21(27(24,25)16-6-4-3-5-7-16)20(26-13)12-17-14(2)23-19-9-8-15(22)11-18(17)19/h3-11,23H,12H2,1-2H3. The molecule has 2 aromatic carbocycles. The van der Waals surface area contributed by atoms with Crippen LogP contribution in [0, 0.1) is 19.7 Å². The third-order valence-electron chi connectivity index (χ3n) is 4.66. The van der Waals surface area contributed by atoms with Crippen molar-refractivity contribution in [3.05, 3.63) is 81.4 Å². The number of nitrogens with one attached hydrogen (secondary N) is 1. The van der Waals surface area contributed by atoms with Crippen molar-refractivity contribution < 1.29 is 12.8 Å². The molecule has 27 heavy (non-hydrogen) atoms. The zero-order chi connectivity index (χ0) is 19.2. The number of hydrogen-bond acceptors (Lipinski definition) is 3. The minimum Gasteiger partial charge on any atom is -0.358 e. The minimum absolute atomic E-state index is 0.283. The van der Waals surface area contributed by atoms with E-state index in [0.29, 0.717) is 11.3 Å². The monoisotopic (exact) mass is 399 g/mol. The topological polar surface area (TPSA) is 49.9 Å². The van der Waals surface area contributed by atoms with Crippen LogP contribution in [-0.2, 0) is 16.3 Å². The number of fused-ring (bicyclic) bond motifs is 1. The van der Waals surface area contributed by atoms with Gasteiger partial charge in [-0.15, -0.1) is 11.3 Å². The number of halogens is 1. The molecule has 0 bridgehead atoms. The van der Waals surface area contributed by atoms with Crippen molar-refractivity contribution in [3.63, 3.8) is 0 Å². The third kappa shape index (κ3) is 3.19. The molecule has 0 saturated heterocycles. The van der Waals surface area contributed by atoms with Crippen molar-refractivity contribution in [3.8, 4) is 0 Å². The molecule has 3 nitrogen and oxygen atoms in total. The summed E-state index contributed by atoms with van der Waals surface area (Å²) < 4.78 is 40.0. The van der Waals surface area contributed by atoms with Crippen molar-refractivity contribution in [1.82, 2.24) is 4.98 Å². The van der Waals surface area contributed by atoms with Gasteiger partial charge in [-0.25, -0.2) is 12.8 Å². The lowest BCUT2D eigenvalue weighted by Gasteiger charge is -2.07. The summed E-state index contributed by atoms with van der Waals surface area (Å²) in [5, 5.41) is 0.793. The fourth-order valence-corrected chi connectivity index (χ4v) is 6.30. The second-order valence-corrected chi connectivity index (χ2v) is 9.82. The third-order valence-corrected chi connectivity index (χ3v) is 7.67. The first-order valence-corrected chi connectivity index (χ1v) is 10.8. The second-order valence-electron chi connectivity index (χ2n) is 6.56. The summed E-state index contributed by atoms with van der Waals surface area (Å²) >= 11 is 1.47. The van der Waals surface area contributed by atoms with Gasteiger partial charge >= 0.3 is 0 Å². The van der Waals surface area contributed by atoms with Crippen LogP contribution in [0.5, 0.6) is 0 Å². The van der Waals surface area contributed by atoms with Gasteiger partial charge in [-0.05, 0) is 55.8 Å². The molecule has 0 unspecified atom stereocenters. The first-order valence-electron chi connectivity index (χ1n) is 8.52. The zero-order valence-electron chi connectivity index (χ0n) is 14.9. The van der Waals surface area contributed by atoms with E-state index in [1.807, 2.05) is 13.8 Å². The molecule has 0 spiro atoms. The van der Waals surface area contributed by atoms with E-state index in [2.05, 4.69) is 4.98 Å². The highest BCUT2D eigenvalue weighted by atomic mass is 32.2. The van der Waals surface area contributed by atoms with E-state index in [4.69, 9.17) is 0 Å².